The molecule has 0 aliphatic rings. The summed E-state index contributed by atoms with van der Waals surface area (Å²) in [6, 6.07) is 13.2. The van der Waals surface area contributed by atoms with Crippen molar-refractivity contribution >= 4 is 16.7 Å². The molecule has 0 spiro atoms. The van der Waals surface area contributed by atoms with Gasteiger partial charge < -0.3 is 19.6 Å². The SMILES string of the molecule is COc1ccc(-c2cc3ccc(OC)cc3o2)c(N)c1. The lowest BCUT2D eigenvalue weighted by Gasteiger charge is -2.05. The third-order valence-electron chi connectivity index (χ3n) is 3.25. The molecule has 20 heavy (non-hydrogen) atoms. The van der Waals surface area contributed by atoms with E-state index in [-0.39, 0.29) is 0 Å². The number of hydrogen-bond acceptors (Lipinski definition) is 4. The largest absolute Gasteiger partial charge is 0.497 e. The van der Waals surface area contributed by atoms with E-state index in [1.165, 1.54) is 0 Å². The van der Waals surface area contributed by atoms with Crippen molar-refractivity contribution in [3.8, 4) is 22.8 Å². The smallest absolute Gasteiger partial charge is 0.138 e. The zero-order valence-corrected chi connectivity index (χ0v) is 11.3. The molecule has 0 saturated carbocycles. The minimum Gasteiger partial charge on any atom is -0.497 e. The van der Waals surface area contributed by atoms with Crippen molar-refractivity contribution < 1.29 is 13.9 Å². The number of nitrogens with two attached hydrogens (primary N) is 1. The first-order chi connectivity index (χ1) is 9.71. The topological polar surface area (TPSA) is 57.6 Å². The van der Waals surface area contributed by atoms with Gasteiger partial charge >= 0.3 is 0 Å². The van der Waals surface area contributed by atoms with Gasteiger partial charge in [0.2, 0.25) is 0 Å². The standard InChI is InChI=1S/C16H15NO3/c1-18-11-5-6-13(14(17)8-11)16-7-10-3-4-12(19-2)9-15(10)20-16/h3-9H,17H2,1-2H3. The summed E-state index contributed by atoms with van der Waals surface area (Å²) in [5.74, 6) is 2.22. The number of nitrogen functional groups attached to an aromatic ring is 1. The Bertz CT molecular complexity index is 762. The van der Waals surface area contributed by atoms with E-state index in [1.807, 2.05) is 36.4 Å². The van der Waals surface area contributed by atoms with Crippen LogP contribution >= 0.6 is 0 Å². The zero-order chi connectivity index (χ0) is 14.1. The normalized spacial score (nSPS) is 10.7. The Balaban J connectivity index is 2.10. The Morgan fingerprint density at radius 1 is 0.900 bits per heavy atom. The van der Waals surface area contributed by atoms with Crippen LogP contribution in [0.3, 0.4) is 0 Å². The molecule has 3 aromatic rings. The van der Waals surface area contributed by atoms with Gasteiger partial charge in [-0.25, -0.2) is 0 Å². The van der Waals surface area contributed by atoms with Crippen LogP contribution in [0.4, 0.5) is 5.69 Å². The van der Waals surface area contributed by atoms with Crippen molar-refractivity contribution in [3.63, 3.8) is 0 Å². The van der Waals surface area contributed by atoms with Gasteiger partial charge in [-0.15, -0.1) is 0 Å². The van der Waals surface area contributed by atoms with Gasteiger partial charge in [0.15, 0.2) is 0 Å². The Hall–Kier alpha value is -2.62. The summed E-state index contributed by atoms with van der Waals surface area (Å²) in [7, 11) is 3.24. The summed E-state index contributed by atoms with van der Waals surface area (Å²) < 4.78 is 16.2. The number of benzene rings is 2. The van der Waals surface area contributed by atoms with Crippen molar-refractivity contribution in [2.24, 2.45) is 0 Å². The van der Waals surface area contributed by atoms with Crippen molar-refractivity contribution in [2.45, 2.75) is 0 Å². The summed E-state index contributed by atoms with van der Waals surface area (Å²) in [6.45, 7) is 0. The summed E-state index contributed by atoms with van der Waals surface area (Å²) in [5, 5.41) is 1.01. The van der Waals surface area contributed by atoms with Crippen LogP contribution in [0, 0.1) is 0 Å². The highest BCUT2D eigenvalue weighted by Crippen LogP contribution is 2.34. The number of hydrogen-bond donors (Lipinski definition) is 1. The number of fused-ring (bicyclic) bond motifs is 1. The quantitative estimate of drug-likeness (QED) is 0.736. The van der Waals surface area contributed by atoms with E-state index in [0.717, 1.165) is 33.8 Å². The maximum atomic E-state index is 6.04. The fraction of sp³-hybridized carbons (Fsp3) is 0.125. The van der Waals surface area contributed by atoms with Gasteiger partial charge in [-0.05, 0) is 30.3 Å². The van der Waals surface area contributed by atoms with E-state index in [0.29, 0.717) is 5.69 Å². The first kappa shape index (κ1) is 12.4. The zero-order valence-electron chi connectivity index (χ0n) is 11.3. The molecular formula is C16H15NO3. The van der Waals surface area contributed by atoms with Crippen LogP contribution in [0.15, 0.2) is 46.9 Å². The summed E-state index contributed by atoms with van der Waals surface area (Å²) in [6.07, 6.45) is 0. The molecular weight excluding hydrogens is 254 g/mol. The molecule has 0 fully saturated rings. The molecule has 0 bridgehead atoms. The number of furan rings is 1. The van der Waals surface area contributed by atoms with Crippen molar-refractivity contribution in [1.29, 1.82) is 0 Å². The highest BCUT2D eigenvalue weighted by atomic mass is 16.5. The maximum Gasteiger partial charge on any atom is 0.138 e. The van der Waals surface area contributed by atoms with E-state index in [9.17, 15) is 0 Å². The van der Waals surface area contributed by atoms with Crippen LogP contribution in [-0.2, 0) is 0 Å². The molecule has 0 unspecified atom stereocenters. The van der Waals surface area contributed by atoms with Gasteiger partial charge in [0.1, 0.15) is 22.8 Å². The Kier molecular flexibility index (Phi) is 2.99. The van der Waals surface area contributed by atoms with E-state index in [2.05, 4.69) is 0 Å². The second-order valence-corrected chi connectivity index (χ2v) is 4.47. The fourth-order valence-corrected chi connectivity index (χ4v) is 2.16. The lowest BCUT2D eigenvalue weighted by Crippen LogP contribution is -1.91. The van der Waals surface area contributed by atoms with E-state index >= 15 is 0 Å². The predicted octanol–water partition coefficient (Wildman–Crippen LogP) is 3.70. The number of methoxy groups -OCH3 is 2. The molecule has 1 heterocycles. The van der Waals surface area contributed by atoms with Gasteiger partial charge in [0.25, 0.3) is 0 Å². The van der Waals surface area contributed by atoms with Crippen molar-refractivity contribution in [2.75, 3.05) is 20.0 Å². The van der Waals surface area contributed by atoms with Crippen LogP contribution in [0.25, 0.3) is 22.3 Å². The van der Waals surface area contributed by atoms with Crippen LogP contribution in [0.2, 0.25) is 0 Å². The van der Waals surface area contributed by atoms with Gasteiger partial charge in [0, 0.05) is 28.8 Å². The lowest BCUT2D eigenvalue weighted by molar-refractivity contribution is 0.414. The molecule has 0 aliphatic carbocycles. The monoisotopic (exact) mass is 269 g/mol. The van der Waals surface area contributed by atoms with Crippen LogP contribution in [0.1, 0.15) is 0 Å². The highest BCUT2D eigenvalue weighted by molar-refractivity contribution is 5.86. The van der Waals surface area contributed by atoms with Gasteiger partial charge in [-0.2, -0.15) is 0 Å². The molecule has 0 radical (unpaired) electrons. The van der Waals surface area contributed by atoms with Crippen molar-refractivity contribution in [3.05, 3.63) is 42.5 Å². The summed E-state index contributed by atoms with van der Waals surface area (Å²) >= 11 is 0. The fourth-order valence-electron chi connectivity index (χ4n) is 2.16. The first-order valence-corrected chi connectivity index (χ1v) is 6.23. The highest BCUT2D eigenvalue weighted by Gasteiger charge is 2.10. The Morgan fingerprint density at radius 3 is 2.30 bits per heavy atom. The third-order valence-corrected chi connectivity index (χ3v) is 3.25. The molecule has 0 saturated heterocycles. The van der Waals surface area contributed by atoms with Crippen LogP contribution < -0.4 is 15.2 Å². The average molecular weight is 269 g/mol. The summed E-state index contributed by atoms with van der Waals surface area (Å²) in [4.78, 5) is 0. The van der Waals surface area contributed by atoms with E-state index < -0.39 is 0 Å². The molecule has 0 amide bonds. The maximum absolute atomic E-state index is 6.04. The van der Waals surface area contributed by atoms with Crippen LogP contribution in [0.5, 0.6) is 11.5 Å². The molecule has 3 rings (SSSR count). The van der Waals surface area contributed by atoms with Gasteiger partial charge in [0.05, 0.1) is 14.2 Å². The van der Waals surface area contributed by atoms with Crippen LogP contribution in [-0.4, -0.2) is 14.2 Å². The number of anilines is 1. The molecule has 0 aliphatic heterocycles. The molecule has 4 heteroatoms. The second-order valence-electron chi connectivity index (χ2n) is 4.47. The molecule has 102 valence electrons. The summed E-state index contributed by atoms with van der Waals surface area (Å²) in [5.41, 5.74) is 8.28. The minimum atomic E-state index is 0.621. The Labute approximate surface area is 116 Å². The second kappa shape index (κ2) is 4.81. The lowest BCUT2D eigenvalue weighted by atomic mass is 10.1. The average Bonchev–Trinajstić information content (AvgIpc) is 2.89. The predicted molar refractivity (Wildman–Crippen MR) is 79.2 cm³/mol. The number of ether oxygens (including phenoxy) is 2. The number of rotatable bonds is 3. The Morgan fingerprint density at radius 2 is 1.60 bits per heavy atom. The van der Waals surface area contributed by atoms with E-state index in [1.54, 1.807) is 20.3 Å². The van der Waals surface area contributed by atoms with E-state index in [4.69, 9.17) is 19.6 Å². The molecule has 0 atom stereocenters. The third kappa shape index (κ3) is 2.05. The van der Waals surface area contributed by atoms with Crippen molar-refractivity contribution in [1.82, 2.24) is 0 Å². The molecule has 2 aromatic carbocycles. The minimum absolute atomic E-state index is 0.621. The molecule has 4 nitrogen and oxygen atoms in total. The molecule has 1 aromatic heterocycles. The first-order valence-electron chi connectivity index (χ1n) is 6.23. The van der Waals surface area contributed by atoms with Gasteiger partial charge in [-0.3, -0.25) is 0 Å². The van der Waals surface area contributed by atoms with Gasteiger partial charge in [-0.1, -0.05) is 0 Å². The molecule has 2 N–H and O–H groups in total.